The predicted octanol–water partition coefficient (Wildman–Crippen LogP) is 7.62. The molecule has 0 heterocycles. The van der Waals surface area contributed by atoms with E-state index in [2.05, 4.69) is 37.2 Å². The minimum Gasteiger partial charge on any atom is -0.504 e. The molecule has 0 saturated carbocycles. The number of aromatic hydroxyl groups is 1. The SMILES string of the molecule is COc1c(/C=C/C(=O)c2ccc(NC(C)=O)cc2)cc(Br)cc1COc1ccc(/C=C/C(=O)c2cc(Br)ccc(=O)c2O)cc1. The smallest absolute Gasteiger partial charge is 0.221 e. The lowest BCUT2D eigenvalue weighted by molar-refractivity contribution is -0.114. The van der Waals surface area contributed by atoms with Crippen LogP contribution in [0.2, 0.25) is 0 Å². The van der Waals surface area contributed by atoms with Crippen LogP contribution in [-0.4, -0.2) is 29.7 Å². The number of nitrogens with one attached hydrogen (secondary N) is 1. The number of ketones is 2. The van der Waals surface area contributed by atoms with Gasteiger partial charge in [0.25, 0.3) is 0 Å². The number of carbonyl (C=O) groups excluding carboxylic acids is 3. The number of carbonyl (C=O) groups is 3. The van der Waals surface area contributed by atoms with Gasteiger partial charge in [-0.25, -0.2) is 0 Å². The van der Waals surface area contributed by atoms with Gasteiger partial charge in [-0.2, -0.15) is 0 Å². The quantitative estimate of drug-likeness (QED) is 0.120. The van der Waals surface area contributed by atoms with E-state index in [0.29, 0.717) is 38.3 Å². The first-order valence-electron chi connectivity index (χ1n) is 13.5. The lowest BCUT2D eigenvalue weighted by Gasteiger charge is -2.14. The molecule has 0 spiro atoms. The Morgan fingerprint density at radius 2 is 1.53 bits per heavy atom. The first kappa shape index (κ1) is 33.1. The molecule has 0 aliphatic heterocycles. The van der Waals surface area contributed by atoms with Crippen LogP contribution >= 0.6 is 31.9 Å². The zero-order valence-electron chi connectivity index (χ0n) is 24.2. The summed E-state index contributed by atoms with van der Waals surface area (Å²) in [6.07, 6.45) is 5.98. The van der Waals surface area contributed by atoms with Gasteiger partial charge in [0.2, 0.25) is 11.3 Å². The highest BCUT2D eigenvalue weighted by atomic mass is 79.9. The topological polar surface area (TPSA) is 119 Å². The van der Waals surface area contributed by atoms with E-state index < -0.39 is 17.0 Å². The summed E-state index contributed by atoms with van der Waals surface area (Å²) in [5.41, 5.74) is 2.45. The highest BCUT2D eigenvalue weighted by Crippen LogP contribution is 2.31. The van der Waals surface area contributed by atoms with Crippen LogP contribution in [0.25, 0.3) is 12.2 Å². The third-order valence-electron chi connectivity index (χ3n) is 6.40. The van der Waals surface area contributed by atoms with Crippen LogP contribution in [0, 0.1) is 0 Å². The van der Waals surface area contributed by atoms with Crippen LogP contribution in [-0.2, 0) is 11.4 Å². The van der Waals surface area contributed by atoms with Gasteiger partial charge in [0, 0.05) is 38.2 Å². The van der Waals surface area contributed by atoms with Crippen molar-refractivity contribution in [3.05, 3.63) is 138 Å². The highest BCUT2D eigenvalue weighted by molar-refractivity contribution is 9.10. The number of benzene rings is 3. The van der Waals surface area contributed by atoms with Crippen molar-refractivity contribution in [2.45, 2.75) is 13.5 Å². The van der Waals surface area contributed by atoms with Gasteiger partial charge < -0.3 is 19.9 Å². The monoisotopic (exact) mass is 731 g/mol. The second-order valence-electron chi connectivity index (χ2n) is 9.69. The number of anilines is 1. The number of rotatable bonds is 11. The third-order valence-corrected chi connectivity index (χ3v) is 7.35. The summed E-state index contributed by atoms with van der Waals surface area (Å²) in [6, 6.07) is 21.4. The van der Waals surface area contributed by atoms with Gasteiger partial charge in [-0.05, 0) is 90.5 Å². The van der Waals surface area contributed by atoms with Crippen molar-refractivity contribution in [3.8, 4) is 17.2 Å². The van der Waals surface area contributed by atoms with Crippen LogP contribution in [0.3, 0.4) is 0 Å². The molecule has 0 bridgehead atoms. The van der Waals surface area contributed by atoms with Crippen LogP contribution in [0.5, 0.6) is 17.2 Å². The van der Waals surface area contributed by atoms with E-state index in [1.54, 1.807) is 67.8 Å². The summed E-state index contributed by atoms with van der Waals surface area (Å²) < 4.78 is 12.9. The molecule has 1 amide bonds. The van der Waals surface area contributed by atoms with Crippen molar-refractivity contribution in [2.24, 2.45) is 0 Å². The molecule has 0 unspecified atom stereocenters. The van der Waals surface area contributed by atoms with Crippen molar-refractivity contribution in [1.82, 2.24) is 0 Å². The fraction of sp³-hybridized carbons (Fsp3) is 0.0857. The Balaban J connectivity index is 1.43. The molecule has 4 aromatic carbocycles. The van der Waals surface area contributed by atoms with E-state index in [0.717, 1.165) is 10.0 Å². The summed E-state index contributed by atoms with van der Waals surface area (Å²) in [7, 11) is 1.54. The summed E-state index contributed by atoms with van der Waals surface area (Å²) in [6.45, 7) is 1.59. The molecule has 4 rings (SSSR count). The van der Waals surface area contributed by atoms with Crippen molar-refractivity contribution in [3.63, 3.8) is 0 Å². The molecule has 0 aliphatic rings. The lowest BCUT2D eigenvalue weighted by Crippen LogP contribution is -2.05. The van der Waals surface area contributed by atoms with Crippen molar-refractivity contribution in [2.75, 3.05) is 12.4 Å². The second-order valence-corrected chi connectivity index (χ2v) is 11.5. The number of allylic oxidation sites excluding steroid dienone is 2. The number of methoxy groups -OCH3 is 1. The maximum absolute atomic E-state index is 12.8. The Hall–Kier alpha value is -4.80. The molecule has 0 fully saturated rings. The number of hydrogen-bond acceptors (Lipinski definition) is 7. The zero-order valence-corrected chi connectivity index (χ0v) is 27.3. The average molecular weight is 733 g/mol. The molecular weight excluding hydrogens is 706 g/mol. The third kappa shape index (κ3) is 9.10. The van der Waals surface area contributed by atoms with E-state index in [1.165, 1.54) is 37.3 Å². The lowest BCUT2D eigenvalue weighted by atomic mass is 10.1. The predicted molar refractivity (Wildman–Crippen MR) is 181 cm³/mol. The molecule has 0 aromatic heterocycles. The van der Waals surface area contributed by atoms with Crippen molar-refractivity contribution < 1.29 is 29.0 Å². The second kappa shape index (κ2) is 15.3. The van der Waals surface area contributed by atoms with Crippen LogP contribution in [0.4, 0.5) is 5.69 Å². The summed E-state index contributed by atoms with van der Waals surface area (Å²) in [5.74, 6) is -0.409. The van der Waals surface area contributed by atoms with E-state index in [-0.39, 0.29) is 23.9 Å². The van der Waals surface area contributed by atoms with Gasteiger partial charge in [-0.3, -0.25) is 19.2 Å². The molecule has 8 nitrogen and oxygen atoms in total. The van der Waals surface area contributed by atoms with Crippen LogP contribution < -0.4 is 20.2 Å². The van der Waals surface area contributed by atoms with Gasteiger partial charge in [0.1, 0.15) is 18.1 Å². The standard InChI is InChI=1S/C35H27Br2NO7/c1-21(39)38-28-10-6-23(7-11-28)31(40)15-8-24-17-27(37)18-25(35(24)44-2)20-45-29-12-3-22(4-13-29)5-14-32(41)30-19-26(36)9-16-33(42)34(30)43/h3-19H,20H2,1-2H3,(H,38,39)(H,42,43)/b14-5+,15-8+. The first-order chi connectivity index (χ1) is 21.5. The molecule has 0 saturated heterocycles. The Kier molecular flexibility index (Phi) is 11.2. The number of ether oxygens (including phenoxy) is 2. The normalized spacial score (nSPS) is 11.0. The molecule has 2 N–H and O–H groups in total. The highest BCUT2D eigenvalue weighted by Gasteiger charge is 2.13. The molecule has 45 heavy (non-hydrogen) atoms. The molecule has 228 valence electrons. The zero-order chi connectivity index (χ0) is 32.5. The first-order valence-corrected chi connectivity index (χ1v) is 15.1. The minimum atomic E-state index is -0.649. The maximum Gasteiger partial charge on any atom is 0.221 e. The van der Waals surface area contributed by atoms with E-state index in [4.69, 9.17) is 9.47 Å². The fourth-order valence-corrected chi connectivity index (χ4v) is 5.13. The average Bonchev–Trinajstić information content (AvgIpc) is 3.15. The van der Waals surface area contributed by atoms with Gasteiger partial charge in [-0.15, -0.1) is 0 Å². The Morgan fingerprint density at radius 3 is 2.20 bits per heavy atom. The molecule has 4 aromatic rings. The van der Waals surface area contributed by atoms with Crippen LogP contribution in [0.1, 0.15) is 44.3 Å². The Morgan fingerprint density at radius 1 is 0.844 bits per heavy atom. The summed E-state index contributed by atoms with van der Waals surface area (Å²) in [5, 5.41) is 12.8. The Labute approximate surface area is 276 Å². The van der Waals surface area contributed by atoms with Gasteiger partial charge in [0.15, 0.2) is 17.3 Å². The van der Waals surface area contributed by atoms with E-state index in [9.17, 15) is 24.3 Å². The summed E-state index contributed by atoms with van der Waals surface area (Å²) >= 11 is 6.75. The van der Waals surface area contributed by atoms with Crippen molar-refractivity contribution in [1.29, 1.82) is 0 Å². The van der Waals surface area contributed by atoms with Crippen LogP contribution in [0.15, 0.2) is 105 Å². The maximum atomic E-state index is 12.8. The van der Waals surface area contributed by atoms with Gasteiger partial charge >= 0.3 is 0 Å². The number of halogens is 2. The van der Waals surface area contributed by atoms with Crippen molar-refractivity contribution >= 4 is 67.2 Å². The van der Waals surface area contributed by atoms with E-state index >= 15 is 0 Å². The minimum absolute atomic E-state index is 0.105. The molecule has 0 atom stereocenters. The molecular formula is C35H27Br2NO7. The Bertz CT molecular complexity index is 1870. The van der Waals surface area contributed by atoms with E-state index in [1.807, 2.05) is 12.1 Å². The number of amides is 1. The molecule has 10 heteroatoms. The summed E-state index contributed by atoms with van der Waals surface area (Å²) in [4.78, 5) is 48.5. The van der Waals surface area contributed by atoms with Gasteiger partial charge in [0.05, 0.1) is 12.7 Å². The molecule has 0 aliphatic carbocycles. The fourth-order valence-electron chi connectivity index (χ4n) is 4.24. The molecule has 0 radical (unpaired) electrons. The van der Waals surface area contributed by atoms with Gasteiger partial charge in [-0.1, -0.05) is 50.1 Å². The largest absolute Gasteiger partial charge is 0.504 e. The number of hydrogen-bond donors (Lipinski definition) is 2.